The van der Waals surface area contributed by atoms with Crippen molar-refractivity contribution in [2.45, 2.75) is 32.1 Å². The molecule has 1 aliphatic rings. The van der Waals surface area contributed by atoms with Crippen LogP contribution in [0.15, 0.2) is 72.8 Å². The molecule has 0 spiro atoms. The van der Waals surface area contributed by atoms with Gasteiger partial charge in [0.15, 0.2) is 11.6 Å². The number of carboxylic acid groups (broad SMARTS) is 1. The number of fused-ring (bicyclic) bond motifs is 1. The van der Waals surface area contributed by atoms with Gasteiger partial charge in [0.2, 0.25) is 5.88 Å². The van der Waals surface area contributed by atoms with Gasteiger partial charge in [-0.1, -0.05) is 23.7 Å². The summed E-state index contributed by atoms with van der Waals surface area (Å²) in [5.41, 5.74) is 2.42. The molecule has 2 aromatic heterocycles. The van der Waals surface area contributed by atoms with Gasteiger partial charge in [-0.3, -0.25) is 4.57 Å². The fourth-order valence-electron chi connectivity index (χ4n) is 4.77. The Balaban J connectivity index is 1.24. The van der Waals surface area contributed by atoms with Crippen molar-refractivity contribution in [2.75, 3.05) is 6.61 Å². The number of carbonyl (C=O) groups is 1. The van der Waals surface area contributed by atoms with Gasteiger partial charge in [0.25, 0.3) is 0 Å². The van der Waals surface area contributed by atoms with Crippen molar-refractivity contribution in [3.8, 4) is 28.9 Å². The molecule has 8 nitrogen and oxygen atoms in total. The van der Waals surface area contributed by atoms with Crippen LogP contribution in [0.4, 0.5) is 8.78 Å². The van der Waals surface area contributed by atoms with E-state index < -0.39 is 17.6 Å². The first-order valence-electron chi connectivity index (χ1n) is 13.2. The third-order valence-corrected chi connectivity index (χ3v) is 7.15. The molecular formula is C31H24ClF2N3O5. The molecule has 0 saturated carbocycles. The van der Waals surface area contributed by atoms with Crippen LogP contribution in [-0.2, 0) is 17.9 Å². The molecule has 1 atom stereocenters. The van der Waals surface area contributed by atoms with Crippen molar-refractivity contribution in [3.05, 3.63) is 101 Å². The van der Waals surface area contributed by atoms with Gasteiger partial charge in [0, 0.05) is 28.8 Å². The van der Waals surface area contributed by atoms with Crippen LogP contribution in [0.25, 0.3) is 22.3 Å². The number of carboxylic acids is 1. The number of aromatic carboxylic acids is 1. The number of hydrogen-bond donors (Lipinski definition) is 1. The number of benzene rings is 3. The van der Waals surface area contributed by atoms with Crippen LogP contribution in [0.3, 0.4) is 0 Å². The van der Waals surface area contributed by atoms with Crippen molar-refractivity contribution in [2.24, 2.45) is 0 Å². The Kier molecular flexibility index (Phi) is 7.73. The first-order chi connectivity index (χ1) is 20.3. The summed E-state index contributed by atoms with van der Waals surface area (Å²) in [4.78, 5) is 20.5. The Morgan fingerprint density at radius 1 is 1.05 bits per heavy atom. The fourth-order valence-corrected chi connectivity index (χ4v) is 4.93. The van der Waals surface area contributed by atoms with Gasteiger partial charge >= 0.3 is 12.0 Å². The number of ether oxygens (including phenoxy) is 3. The minimum atomic E-state index is -1.06. The summed E-state index contributed by atoms with van der Waals surface area (Å²) in [5, 5.41) is 9.76. The van der Waals surface area contributed by atoms with E-state index in [1.807, 2.05) is 0 Å². The van der Waals surface area contributed by atoms with Crippen LogP contribution < -0.4 is 9.47 Å². The maximum atomic E-state index is 15.4. The van der Waals surface area contributed by atoms with E-state index in [1.54, 1.807) is 41.0 Å². The molecule has 0 amide bonds. The number of aromatic nitrogens is 3. The lowest BCUT2D eigenvalue weighted by Gasteiger charge is -2.15. The van der Waals surface area contributed by atoms with Gasteiger partial charge in [-0.2, -0.15) is 4.98 Å². The molecule has 1 unspecified atom stereocenters. The van der Waals surface area contributed by atoms with Crippen molar-refractivity contribution in [1.82, 2.24) is 14.5 Å². The Hall–Kier alpha value is -4.54. The smallest absolute Gasteiger partial charge is 0.335 e. The summed E-state index contributed by atoms with van der Waals surface area (Å²) >= 11 is 5.81. The number of imidazole rings is 1. The van der Waals surface area contributed by atoms with Gasteiger partial charge in [-0.05, 0) is 67.4 Å². The van der Waals surface area contributed by atoms with Crippen molar-refractivity contribution >= 4 is 28.6 Å². The number of pyridine rings is 1. The molecule has 1 fully saturated rings. The second kappa shape index (κ2) is 11.8. The maximum absolute atomic E-state index is 15.4. The van der Waals surface area contributed by atoms with E-state index in [9.17, 15) is 14.3 Å². The molecule has 1 N–H and O–H groups in total. The first-order valence-corrected chi connectivity index (χ1v) is 13.6. The highest BCUT2D eigenvalue weighted by molar-refractivity contribution is 6.30. The first kappa shape index (κ1) is 27.6. The molecule has 3 aromatic carbocycles. The standard InChI is InChI=1S/C31H24ClF2N3O5/c32-21-9-6-20(23(33)15-21)17-41-29-5-1-4-25(35-29)18-8-11-28(24(34)13-18)42-31-36-26-10-7-19(30(38)39)14-27(26)37(31)16-22-3-2-12-40-22/h1,4-11,13-15,22H,2-3,12,16-17H2,(H,38,39). The predicted octanol–water partition coefficient (Wildman–Crippen LogP) is 7.28. The van der Waals surface area contributed by atoms with Gasteiger partial charge < -0.3 is 19.3 Å². The van der Waals surface area contributed by atoms with Crippen LogP contribution in [0.1, 0.15) is 28.8 Å². The molecule has 6 rings (SSSR count). The zero-order chi connectivity index (χ0) is 29.2. The van der Waals surface area contributed by atoms with E-state index in [4.69, 9.17) is 25.8 Å². The van der Waals surface area contributed by atoms with E-state index in [0.29, 0.717) is 46.0 Å². The largest absolute Gasteiger partial charge is 0.478 e. The highest BCUT2D eigenvalue weighted by atomic mass is 35.5. The Morgan fingerprint density at radius 2 is 1.93 bits per heavy atom. The van der Waals surface area contributed by atoms with Crippen molar-refractivity contribution in [1.29, 1.82) is 0 Å². The van der Waals surface area contributed by atoms with E-state index in [2.05, 4.69) is 9.97 Å². The average molecular weight is 592 g/mol. The van der Waals surface area contributed by atoms with Crippen molar-refractivity contribution in [3.63, 3.8) is 0 Å². The summed E-state index contributed by atoms with van der Waals surface area (Å²) in [6.45, 7) is 0.967. The zero-order valence-electron chi connectivity index (χ0n) is 22.1. The Bertz CT molecular complexity index is 1790. The van der Waals surface area contributed by atoms with E-state index >= 15 is 4.39 Å². The average Bonchev–Trinajstić information content (AvgIpc) is 3.61. The number of hydrogen-bond acceptors (Lipinski definition) is 6. The minimum Gasteiger partial charge on any atom is -0.478 e. The summed E-state index contributed by atoms with van der Waals surface area (Å²) in [7, 11) is 0. The molecule has 42 heavy (non-hydrogen) atoms. The highest BCUT2D eigenvalue weighted by Crippen LogP contribution is 2.32. The Labute approximate surface area is 244 Å². The quantitative estimate of drug-likeness (QED) is 0.192. The van der Waals surface area contributed by atoms with Crippen molar-refractivity contribution < 1.29 is 32.9 Å². The topological polar surface area (TPSA) is 95.7 Å². The van der Waals surface area contributed by atoms with Gasteiger partial charge in [-0.25, -0.2) is 18.6 Å². The third-order valence-electron chi connectivity index (χ3n) is 6.91. The molecule has 5 aromatic rings. The lowest BCUT2D eigenvalue weighted by atomic mass is 10.1. The Morgan fingerprint density at radius 3 is 2.69 bits per heavy atom. The maximum Gasteiger partial charge on any atom is 0.335 e. The summed E-state index contributed by atoms with van der Waals surface area (Å²) in [6, 6.07) is 18.5. The van der Waals surface area contributed by atoms with Crippen LogP contribution in [0.5, 0.6) is 17.6 Å². The lowest BCUT2D eigenvalue weighted by Crippen LogP contribution is -2.15. The molecule has 3 heterocycles. The van der Waals surface area contributed by atoms with Crippen LogP contribution in [0, 0.1) is 11.6 Å². The van der Waals surface area contributed by atoms with Crippen LogP contribution in [-0.4, -0.2) is 38.3 Å². The molecular weight excluding hydrogens is 568 g/mol. The van der Waals surface area contributed by atoms with E-state index in [1.165, 1.54) is 36.4 Å². The fraction of sp³-hybridized carbons (Fsp3) is 0.194. The molecule has 1 aliphatic heterocycles. The zero-order valence-corrected chi connectivity index (χ0v) is 22.9. The minimum absolute atomic E-state index is 0.0541. The van der Waals surface area contributed by atoms with E-state index in [-0.39, 0.29) is 35.9 Å². The third kappa shape index (κ3) is 5.90. The SMILES string of the molecule is O=C(O)c1ccc2nc(Oc3ccc(-c4cccc(OCc5ccc(Cl)cc5F)n4)cc3F)n(CC3CCCO3)c2c1. The second-order valence-electron chi connectivity index (χ2n) is 9.78. The second-order valence-corrected chi connectivity index (χ2v) is 10.2. The summed E-state index contributed by atoms with van der Waals surface area (Å²) in [6.07, 6.45) is 1.66. The molecule has 11 heteroatoms. The molecule has 214 valence electrons. The summed E-state index contributed by atoms with van der Waals surface area (Å²) < 4.78 is 48.5. The number of halogens is 3. The molecule has 0 aliphatic carbocycles. The highest BCUT2D eigenvalue weighted by Gasteiger charge is 2.22. The van der Waals surface area contributed by atoms with Gasteiger partial charge in [0.1, 0.15) is 12.4 Å². The van der Waals surface area contributed by atoms with E-state index in [0.717, 1.165) is 12.8 Å². The van der Waals surface area contributed by atoms with Gasteiger partial charge in [0.05, 0.1) is 34.9 Å². The van der Waals surface area contributed by atoms with Crippen LogP contribution >= 0.6 is 11.6 Å². The number of rotatable bonds is 9. The van der Waals surface area contributed by atoms with Crippen LogP contribution in [0.2, 0.25) is 5.02 Å². The monoisotopic (exact) mass is 591 g/mol. The molecule has 0 radical (unpaired) electrons. The normalized spacial score (nSPS) is 14.8. The molecule has 0 bridgehead atoms. The summed E-state index contributed by atoms with van der Waals surface area (Å²) in [5.74, 6) is -2.02. The van der Waals surface area contributed by atoms with Gasteiger partial charge in [-0.15, -0.1) is 0 Å². The predicted molar refractivity (Wildman–Crippen MR) is 151 cm³/mol. The molecule has 1 saturated heterocycles. The lowest BCUT2D eigenvalue weighted by molar-refractivity contribution is 0.0697. The number of nitrogens with zero attached hydrogens (tertiary/aromatic N) is 3.